The molecule has 18 heavy (non-hydrogen) atoms. The van der Waals surface area contributed by atoms with E-state index in [-0.39, 0.29) is 0 Å². The number of anilines is 1. The predicted octanol–water partition coefficient (Wildman–Crippen LogP) is 1.57. The van der Waals surface area contributed by atoms with E-state index in [9.17, 15) is 5.11 Å². The van der Waals surface area contributed by atoms with E-state index >= 15 is 0 Å². The lowest BCUT2D eigenvalue weighted by atomic mass is 10.1. The zero-order chi connectivity index (χ0) is 13.0. The van der Waals surface area contributed by atoms with Gasteiger partial charge in [0, 0.05) is 24.7 Å². The third-order valence-corrected chi connectivity index (χ3v) is 2.75. The maximum atomic E-state index is 9.82. The van der Waals surface area contributed by atoms with Crippen molar-refractivity contribution in [1.82, 2.24) is 9.88 Å². The highest BCUT2D eigenvalue weighted by Crippen LogP contribution is 2.20. The first-order chi connectivity index (χ1) is 8.66. The van der Waals surface area contributed by atoms with Crippen LogP contribution in [0.3, 0.4) is 0 Å². The minimum Gasteiger partial charge on any atom is -0.390 e. The summed E-state index contributed by atoms with van der Waals surface area (Å²) in [5, 5.41) is 15.3. The summed E-state index contributed by atoms with van der Waals surface area (Å²) < 4.78 is 0. The molecule has 0 amide bonds. The number of nitrogens with zero attached hydrogens (tertiary/aromatic N) is 2. The zero-order valence-electron chi connectivity index (χ0n) is 10.8. The molecule has 4 nitrogen and oxygen atoms in total. The van der Waals surface area contributed by atoms with Crippen LogP contribution in [0.4, 0.5) is 5.82 Å². The molecule has 0 bridgehead atoms. The Hall–Kier alpha value is -1.65. The molecule has 1 aromatic heterocycles. The first-order valence-electron chi connectivity index (χ1n) is 6.07. The van der Waals surface area contributed by atoms with E-state index in [4.69, 9.17) is 0 Å². The number of nitrogens with one attached hydrogen (secondary N) is 1. The van der Waals surface area contributed by atoms with Crippen molar-refractivity contribution >= 4 is 16.6 Å². The summed E-state index contributed by atoms with van der Waals surface area (Å²) in [5.74, 6) is 0.825. The monoisotopic (exact) mass is 245 g/mol. The number of aliphatic hydroxyl groups is 1. The molecule has 1 heterocycles. The van der Waals surface area contributed by atoms with Gasteiger partial charge in [-0.05, 0) is 25.5 Å². The summed E-state index contributed by atoms with van der Waals surface area (Å²) in [7, 11) is 3.89. The first kappa shape index (κ1) is 12.8. The molecule has 1 atom stereocenters. The summed E-state index contributed by atoms with van der Waals surface area (Å²) >= 11 is 0. The van der Waals surface area contributed by atoms with Gasteiger partial charge < -0.3 is 15.3 Å². The molecule has 0 fully saturated rings. The maximum Gasteiger partial charge on any atom is 0.133 e. The molecule has 0 saturated carbocycles. The fourth-order valence-electron chi connectivity index (χ4n) is 1.96. The number of likely N-dealkylation sites (N-methyl/N-ethyl adjacent to an activating group) is 1. The molecule has 0 radical (unpaired) electrons. The lowest BCUT2D eigenvalue weighted by Gasteiger charge is -2.17. The molecule has 0 aliphatic heterocycles. The third kappa shape index (κ3) is 3.18. The lowest BCUT2D eigenvalue weighted by molar-refractivity contribution is 0.148. The number of hydrogen-bond donors (Lipinski definition) is 2. The molecule has 0 saturated heterocycles. The van der Waals surface area contributed by atoms with Crippen molar-refractivity contribution in [3.05, 3.63) is 36.5 Å². The van der Waals surface area contributed by atoms with Crippen molar-refractivity contribution < 1.29 is 5.11 Å². The van der Waals surface area contributed by atoms with E-state index in [1.54, 1.807) is 6.20 Å². The van der Waals surface area contributed by atoms with E-state index < -0.39 is 6.10 Å². The van der Waals surface area contributed by atoms with Gasteiger partial charge in [-0.2, -0.15) is 0 Å². The van der Waals surface area contributed by atoms with Gasteiger partial charge in [-0.25, -0.2) is 4.98 Å². The largest absolute Gasteiger partial charge is 0.390 e. The van der Waals surface area contributed by atoms with E-state index in [2.05, 4.69) is 16.4 Å². The molecule has 4 heteroatoms. The highest BCUT2D eigenvalue weighted by Gasteiger charge is 2.07. The Morgan fingerprint density at radius 3 is 2.83 bits per heavy atom. The van der Waals surface area contributed by atoms with Crippen LogP contribution in [-0.4, -0.2) is 48.3 Å². The average molecular weight is 245 g/mol. The van der Waals surface area contributed by atoms with Gasteiger partial charge in [0.2, 0.25) is 0 Å². The maximum absolute atomic E-state index is 9.82. The second-order valence-electron chi connectivity index (χ2n) is 4.68. The molecule has 2 rings (SSSR count). The summed E-state index contributed by atoms with van der Waals surface area (Å²) in [6.07, 6.45) is 1.38. The van der Waals surface area contributed by atoms with Crippen molar-refractivity contribution in [2.45, 2.75) is 6.10 Å². The Balaban J connectivity index is 2.08. The van der Waals surface area contributed by atoms with Gasteiger partial charge >= 0.3 is 0 Å². The molecular formula is C14H19N3O. The van der Waals surface area contributed by atoms with Crippen LogP contribution < -0.4 is 5.32 Å². The predicted molar refractivity (Wildman–Crippen MR) is 74.8 cm³/mol. The Morgan fingerprint density at radius 2 is 2.06 bits per heavy atom. The Morgan fingerprint density at radius 1 is 1.28 bits per heavy atom. The summed E-state index contributed by atoms with van der Waals surface area (Å²) in [4.78, 5) is 6.28. The smallest absolute Gasteiger partial charge is 0.133 e. The van der Waals surface area contributed by atoms with Crippen molar-refractivity contribution in [2.75, 3.05) is 32.5 Å². The molecule has 96 valence electrons. The van der Waals surface area contributed by atoms with Crippen LogP contribution in [0.25, 0.3) is 10.8 Å². The quantitative estimate of drug-likeness (QED) is 0.839. The number of benzene rings is 1. The van der Waals surface area contributed by atoms with Gasteiger partial charge in [0.15, 0.2) is 0 Å². The summed E-state index contributed by atoms with van der Waals surface area (Å²) in [6, 6.07) is 10.1. The summed E-state index contributed by atoms with van der Waals surface area (Å²) in [5.41, 5.74) is 0. The van der Waals surface area contributed by atoms with Crippen LogP contribution in [-0.2, 0) is 0 Å². The van der Waals surface area contributed by atoms with Gasteiger partial charge in [0.05, 0.1) is 6.10 Å². The topological polar surface area (TPSA) is 48.4 Å². The van der Waals surface area contributed by atoms with Crippen LogP contribution in [0.15, 0.2) is 36.5 Å². The summed E-state index contributed by atoms with van der Waals surface area (Å²) in [6.45, 7) is 1.14. The van der Waals surface area contributed by atoms with Crippen LogP contribution in [0.5, 0.6) is 0 Å². The van der Waals surface area contributed by atoms with Gasteiger partial charge in [0.25, 0.3) is 0 Å². The standard InChI is InChI=1S/C14H19N3O/c1-17(2)10-12(18)9-16-14-13-6-4-3-5-11(13)7-8-15-14/h3-8,12,18H,9-10H2,1-2H3,(H,15,16). The van der Waals surface area contributed by atoms with E-state index in [0.717, 1.165) is 16.6 Å². The number of aliphatic hydroxyl groups excluding tert-OH is 1. The molecule has 1 aromatic carbocycles. The second kappa shape index (κ2) is 5.80. The average Bonchev–Trinajstić information content (AvgIpc) is 2.35. The normalized spacial score (nSPS) is 12.9. The molecule has 0 aliphatic rings. The number of pyridine rings is 1. The van der Waals surface area contributed by atoms with Crippen LogP contribution in [0, 0.1) is 0 Å². The molecule has 0 aliphatic carbocycles. The SMILES string of the molecule is CN(C)CC(O)CNc1nccc2ccccc12. The number of aromatic nitrogens is 1. The molecule has 2 aromatic rings. The van der Waals surface area contributed by atoms with Gasteiger partial charge in [-0.15, -0.1) is 0 Å². The lowest BCUT2D eigenvalue weighted by Crippen LogP contribution is -2.31. The van der Waals surface area contributed by atoms with Crippen molar-refractivity contribution in [1.29, 1.82) is 0 Å². The number of fused-ring (bicyclic) bond motifs is 1. The molecule has 0 spiro atoms. The van der Waals surface area contributed by atoms with Gasteiger partial charge in [0.1, 0.15) is 5.82 Å². The van der Waals surface area contributed by atoms with Gasteiger partial charge in [-0.3, -0.25) is 0 Å². The van der Waals surface area contributed by atoms with E-state index in [1.165, 1.54) is 0 Å². The molecule has 2 N–H and O–H groups in total. The molecule has 1 unspecified atom stereocenters. The van der Waals surface area contributed by atoms with E-state index in [1.807, 2.05) is 43.3 Å². The van der Waals surface area contributed by atoms with Crippen molar-refractivity contribution in [3.63, 3.8) is 0 Å². The Bertz CT molecular complexity index is 508. The first-order valence-corrected chi connectivity index (χ1v) is 6.07. The second-order valence-corrected chi connectivity index (χ2v) is 4.68. The number of rotatable bonds is 5. The van der Waals surface area contributed by atoms with Crippen molar-refractivity contribution in [3.8, 4) is 0 Å². The minimum atomic E-state index is -0.402. The number of hydrogen-bond acceptors (Lipinski definition) is 4. The van der Waals surface area contributed by atoms with Gasteiger partial charge in [-0.1, -0.05) is 24.3 Å². The van der Waals surface area contributed by atoms with Crippen LogP contribution >= 0.6 is 0 Å². The Labute approximate surface area is 107 Å². The minimum absolute atomic E-state index is 0.402. The fraction of sp³-hybridized carbons (Fsp3) is 0.357. The zero-order valence-corrected chi connectivity index (χ0v) is 10.8. The fourth-order valence-corrected chi connectivity index (χ4v) is 1.96. The van der Waals surface area contributed by atoms with Crippen molar-refractivity contribution in [2.24, 2.45) is 0 Å². The highest BCUT2D eigenvalue weighted by molar-refractivity contribution is 5.91. The van der Waals surface area contributed by atoms with E-state index in [0.29, 0.717) is 13.1 Å². The Kier molecular flexibility index (Phi) is 4.12. The molecular weight excluding hydrogens is 226 g/mol. The third-order valence-electron chi connectivity index (χ3n) is 2.75. The highest BCUT2D eigenvalue weighted by atomic mass is 16.3. The van der Waals surface area contributed by atoms with Crippen LogP contribution in [0.2, 0.25) is 0 Å². The van der Waals surface area contributed by atoms with Crippen LogP contribution in [0.1, 0.15) is 0 Å².